The molecule has 2 aromatic rings. The Morgan fingerprint density at radius 1 is 1.41 bits per heavy atom. The van der Waals surface area contributed by atoms with Gasteiger partial charge in [-0.1, -0.05) is 12.2 Å². The van der Waals surface area contributed by atoms with Gasteiger partial charge in [-0.15, -0.1) is 0 Å². The second kappa shape index (κ2) is 6.42. The third kappa shape index (κ3) is 3.10. The molecule has 1 amide bonds. The first kappa shape index (κ1) is 14.9. The third-order valence-electron chi connectivity index (χ3n) is 3.87. The van der Waals surface area contributed by atoms with Crippen molar-refractivity contribution in [2.24, 2.45) is 5.92 Å². The fraction of sp³-hybridized carbons (Fsp3) is 0.294. The van der Waals surface area contributed by atoms with Crippen LogP contribution < -0.4 is 5.32 Å². The molecule has 0 saturated carbocycles. The Labute approximate surface area is 133 Å². The highest BCUT2D eigenvalue weighted by Gasteiger charge is 2.21. The van der Waals surface area contributed by atoms with Crippen molar-refractivity contribution < 1.29 is 9.90 Å². The zero-order valence-corrected chi connectivity index (χ0v) is 13.1. The maximum Gasteiger partial charge on any atom is 0.253 e. The van der Waals surface area contributed by atoms with Gasteiger partial charge >= 0.3 is 0 Å². The first-order valence-corrected chi connectivity index (χ1v) is 8.22. The van der Waals surface area contributed by atoms with Crippen LogP contribution in [0.2, 0.25) is 0 Å². The SMILES string of the molecule is Cc1nc(-c2ccsc2)ccc1C(=O)N[C@@H]1C=C[C@H](CO)C1. The number of hydrogen-bond donors (Lipinski definition) is 2. The molecule has 2 N–H and O–H groups in total. The number of carbonyl (C=O) groups is 1. The van der Waals surface area contributed by atoms with Crippen LogP contribution in [0.1, 0.15) is 22.5 Å². The number of pyridine rings is 1. The minimum Gasteiger partial charge on any atom is -0.396 e. The fourth-order valence-electron chi connectivity index (χ4n) is 2.64. The molecule has 2 heterocycles. The predicted molar refractivity (Wildman–Crippen MR) is 87.9 cm³/mol. The van der Waals surface area contributed by atoms with Gasteiger partial charge in [-0.05, 0) is 36.9 Å². The minimum absolute atomic E-state index is 0.0133. The highest BCUT2D eigenvalue weighted by atomic mass is 32.1. The summed E-state index contributed by atoms with van der Waals surface area (Å²) in [5.41, 5.74) is 3.28. The van der Waals surface area contributed by atoms with Crippen molar-refractivity contribution in [3.8, 4) is 11.3 Å². The van der Waals surface area contributed by atoms with Crippen LogP contribution >= 0.6 is 11.3 Å². The molecule has 114 valence electrons. The molecule has 0 saturated heterocycles. The van der Waals surface area contributed by atoms with Gasteiger partial charge in [0.1, 0.15) is 0 Å². The summed E-state index contributed by atoms with van der Waals surface area (Å²) in [5.74, 6) is 0.0283. The van der Waals surface area contributed by atoms with E-state index in [0.29, 0.717) is 5.56 Å². The molecule has 22 heavy (non-hydrogen) atoms. The summed E-state index contributed by atoms with van der Waals surface area (Å²) in [6.07, 6.45) is 4.65. The Morgan fingerprint density at radius 3 is 2.91 bits per heavy atom. The van der Waals surface area contributed by atoms with Crippen LogP contribution in [-0.4, -0.2) is 28.6 Å². The van der Waals surface area contributed by atoms with E-state index >= 15 is 0 Å². The number of rotatable bonds is 4. The van der Waals surface area contributed by atoms with Crippen molar-refractivity contribution in [3.63, 3.8) is 0 Å². The molecule has 0 aromatic carbocycles. The van der Waals surface area contributed by atoms with Crippen molar-refractivity contribution in [1.29, 1.82) is 0 Å². The molecule has 2 aromatic heterocycles. The van der Waals surface area contributed by atoms with E-state index in [1.165, 1.54) is 0 Å². The summed E-state index contributed by atoms with van der Waals surface area (Å²) in [5, 5.41) is 16.2. The molecule has 0 unspecified atom stereocenters. The maximum atomic E-state index is 12.4. The van der Waals surface area contributed by atoms with E-state index < -0.39 is 0 Å². The van der Waals surface area contributed by atoms with E-state index in [1.54, 1.807) is 11.3 Å². The highest BCUT2D eigenvalue weighted by Crippen LogP contribution is 2.22. The number of thiophene rings is 1. The zero-order valence-electron chi connectivity index (χ0n) is 12.3. The van der Waals surface area contributed by atoms with Crippen molar-refractivity contribution in [2.45, 2.75) is 19.4 Å². The molecular weight excluding hydrogens is 296 g/mol. The van der Waals surface area contributed by atoms with Crippen LogP contribution in [0.25, 0.3) is 11.3 Å². The largest absolute Gasteiger partial charge is 0.396 e. The van der Waals surface area contributed by atoms with E-state index in [1.807, 2.05) is 48.0 Å². The summed E-state index contributed by atoms with van der Waals surface area (Å²) >= 11 is 1.63. The number of aromatic nitrogens is 1. The molecule has 2 atom stereocenters. The summed E-state index contributed by atoms with van der Waals surface area (Å²) in [6.45, 7) is 1.98. The van der Waals surface area contributed by atoms with Crippen LogP contribution in [0, 0.1) is 12.8 Å². The van der Waals surface area contributed by atoms with Gasteiger partial charge in [-0.25, -0.2) is 0 Å². The van der Waals surface area contributed by atoms with E-state index in [4.69, 9.17) is 5.11 Å². The molecule has 0 spiro atoms. The number of aryl methyl sites for hydroxylation is 1. The molecule has 1 aliphatic carbocycles. The number of amides is 1. The molecule has 0 radical (unpaired) electrons. The summed E-state index contributed by atoms with van der Waals surface area (Å²) in [4.78, 5) is 16.9. The van der Waals surface area contributed by atoms with Crippen molar-refractivity contribution in [1.82, 2.24) is 10.3 Å². The smallest absolute Gasteiger partial charge is 0.253 e. The normalized spacial score (nSPS) is 20.3. The second-order valence-corrected chi connectivity index (χ2v) is 6.26. The van der Waals surface area contributed by atoms with Crippen molar-refractivity contribution >= 4 is 17.2 Å². The monoisotopic (exact) mass is 314 g/mol. The Morgan fingerprint density at radius 2 is 2.27 bits per heavy atom. The minimum atomic E-state index is -0.116. The van der Waals surface area contributed by atoms with Crippen LogP contribution in [0.3, 0.4) is 0 Å². The Kier molecular flexibility index (Phi) is 4.36. The summed E-state index contributed by atoms with van der Waals surface area (Å²) < 4.78 is 0. The zero-order chi connectivity index (χ0) is 15.5. The van der Waals surface area contributed by atoms with E-state index in [2.05, 4.69) is 10.3 Å². The van der Waals surface area contributed by atoms with Gasteiger partial charge in [0.25, 0.3) is 5.91 Å². The average molecular weight is 314 g/mol. The lowest BCUT2D eigenvalue weighted by molar-refractivity contribution is 0.0940. The number of nitrogens with zero attached hydrogens (tertiary/aromatic N) is 1. The van der Waals surface area contributed by atoms with Crippen LogP contribution in [0.5, 0.6) is 0 Å². The van der Waals surface area contributed by atoms with Crippen molar-refractivity contribution in [3.05, 3.63) is 52.4 Å². The van der Waals surface area contributed by atoms with Gasteiger partial charge in [0.15, 0.2) is 0 Å². The first-order valence-electron chi connectivity index (χ1n) is 7.27. The van der Waals surface area contributed by atoms with E-state index in [-0.39, 0.29) is 24.5 Å². The standard InChI is InChI=1S/C17H18N2O2S/c1-11-15(4-5-16(18-11)13-6-7-22-10-13)17(21)19-14-3-2-12(8-14)9-20/h2-7,10,12,14,20H,8-9H2,1H3,(H,19,21)/t12-,14+/m0/s1. The van der Waals surface area contributed by atoms with Gasteiger partial charge in [-0.3, -0.25) is 9.78 Å². The molecule has 0 fully saturated rings. The lowest BCUT2D eigenvalue weighted by atomic mass is 10.1. The van der Waals surface area contributed by atoms with Gasteiger partial charge < -0.3 is 10.4 Å². The summed E-state index contributed by atoms with van der Waals surface area (Å²) in [7, 11) is 0. The summed E-state index contributed by atoms with van der Waals surface area (Å²) in [6, 6.07) is 5.71. The van der Waals surface area contributed by atoms with Gasteiger partial charge in [-0.2, -0.15) is 11.3 Å². The number of aliphatic hydroxyl groups is 1. The highest BCUT2D eigenvalue weighted by molar-refractivity contribution is 7.08. The quantitative estimate of drug-likeness (QED) is 0.853. The van der Waals surface area contributed by atoms with Crippen LogP contribution in [0.4, 0.5) is 0 Å². The molecule has 3 rings (SSSR count). The van der Waals surface area contributed by atoms with Crippen molar-refractivity contribution in [2.75, 3.05) is 6.61 Å². The second-order valence-electron chi connectivity index (χ2n) is 5.48. The Hall–Kier alpha value is -1.98. The van der Waals surface area contributed by atoms with Gasteiger partial charge in [0.05, 0.1) is 17.0 Å². The van der Waals surface area contributed by atoms with Crippen LogP contribution in [0.15, 0.2) is 41.1 Å². The number of aliphatic hydroxyl groups excluding tert-OH is 1. The molecule has 0 aliphatic heterocycles. The number of hydrogen-bond acceptors (Lipinski definition) is 4. The molecule has 5 heteroatoms. The first-order chi connectivity index (χ1) is 10.7. The molecule has 1 aliphatic rings. The van der Waals surface area contributed by atoms with E-state index in [0.717, 1.165) is 23.4 Å². The fourth-order valence-corrected chi connectivity index (χ4v) is 3.28. The lowest BCUT2D eigenvalue weighted by Crippen LogP contribution is -2.33. The third-order valence-corrected chi connectivity index (χ3v) is 4.55. The topological polar surface area (TPSA) is 62.2 Å². The number of nitrogens with one attached hydrogen (secondary N) is 1. The average Bonchev–Trinajstić information content (AvgIpc) is 3.18. The molecule has 0 bridgehead atoms. The molecule has 4 nitrogen and oxygen atoms in total. The Bertz CT molecular complexity index is 695. The predicted octanol–water partition coefficient (Wildman–Crippen LogP) is 2.79. The number of carbonyl (C=O) groups excluding carboxylic acids is 1. The Balaban J connectivity index is 1.72. The van der Waals surface area contributed by atoms with Gasteiger partial charge in [0.2, 0.25) is 0 Å². The van der Waals surface area contributed by atoms with E-state index in [9.17, 15) is 4.79 Å². The van der Waals surface area contributed by atoms with Gasteiger partial charge in [0, 0.05) is 29.5 Å². The lowest BCUT2D eigenvalue weighted by Gasteiger charge is -2.14. The molecular formula is C17H18N2O2S. The van der Waals surface area contributed by atoms with Crippen LogP contribution in [-0.2, 0) is 0 Å². The maximum absolute atomic E-state index is 12.4.